The summed E-state index contributed by atoms with van der Waals surface area (Å²) in [5, 5.41) is 2.51. The van der Waals surface area contributed by atoms with Crippen LogP contribution in [0.2, 0.25) is 0 Å². The monoisotopic (exact) mass is 285 g/mol. The van der Waals surface area contributed by atoms with Crippen molar-refractivity contribution < 1.29 is 4.74 Å². The third-order valence-electron chi connectivity index (χ3n) is 3.71. The summed E-state index contributed by atoms with van der Waals surface area (Å²) in [6.07, 6.45) is 3.15. The lowest BCUT2D eigenvalue weighted by Gasteiger charge is -2.16. The molecular weight excluding hydrogens is 258 g/mol. The first kappa shape index (κ1) is 15.8. The van der Waals surface area contributed by atoms with Crippen molar-refractivity contribution in [3.8, 4) is 5.75 Å². The normalized spacial score (nSPS) is 12.8. The van der Waals surface area contributed by atoms with Crippen LogP contribution in [0.15, 0.2) is 36.4 Å². The maximum Gasteiger partial charge on any atom is 0.123 e. The Morgan fingerprint density at radius 3 is 2.52 bits per heavy atom. The summed E-state index contributed by atoms with van der Waals surface area (Å²) in [5.41, 5.74) is 7.27. The van der Waals surface area contributed by atoms with Gasteiger partial charge in [-0.1, -0.05) is 44.2 Å². The maximum absolute atomic E-state index is 6.04. The van der Waals surface area contributed by atoms with Crippen molar-refractivity contribution in [1.82, 2.24) is 0 Å². The van der Waals surface area contributed by atoms with Gasteiger partial charge in [0.2, 0.25) is 0 Å². The first-order chi connectivity index (χ1) is 10.1. The molecule has 2 N–H and O–H groups in total. The van der Waals surface area contributed by atoms with Crippen LogP contribution in [-0.4, -0.2) is 12.6 Å². The molecule has 0 aliphatic heterocycles. The first-order valence-electron chi connectivity index (χ1n) is 7.97. The van der Waals surface area contributed by atoms with E-state index in [2.05, 4.69) is 50.2 Å². The molecule has 0 spiro atoms. The minimum atomic E-state index is 0.133. The van der Waals surface area contributed by atoms with Gasteiger partial charge < -0.3 is 10.5 Å². The zero-order valence-electron chi connectivity index (χ0n) is 13.4. The predicted octanol–water partition coefficient (Wildman–Crippen LogP) is 4.54. The standard InChI is InChI=1S/C19H27NO/c1-14(2)7-6-12-21-19-11-10-16-8-4-5-9-17(16)18(19)13-15(3)20/h4-5,8-11,14-15H,6-7,12-13,20H2,1-3H3. The lowest BCUT2D eigenvalue weighted by Crippen LogP contribution is -2.18. The molecule has 0 fully saturated rings. The van der Waals surface area contributed by atoms with Gasteiger partial charge in [-0.2, -0.15) is 0 Å². The van der Waals surface area contributed by atoms with E-state index in [1.165, 1.54) is 22.8 Å². The van der Waals surface area contributed by atoms with Crippen molar-refractivity contribution in [2.75, 3.05) is 6.61 Å². The fourth-order valence-electron chi connectivity index (χ4n) is 2.66. The molecule has 0 bridgehead atoms. The number of hydrogen-bond acceptors (Lipinski definition) is 2. The van der Waals surface area contributed by atoms with Gasteiger partial charge >= 0.3 is 0 Å². The zero-order valence-corrected chi connectivity index (χ0v) is 13.4. The second-order valence-corrected chi connectivity index (χ2v) is 6.33. The second kappa shape index (κ2) is 7.46. The van der Waals surface area contributed by atoms with Crippen LogP contribution in [0.4, 0.5) is 0 Å². The summed E-state index contributed by atoms with van der Waals surface area (Å²) in [7, 11) is 0. The number of benzene rings is 2. The SMILES string of the molecule is CC(C)CCCOc1ccc2ccccc2c1CC(C)N. The minimum Gasteiger partial charge on any atom is -0.493 e. The van der Waals surface area contributed by atoms with Gasteiger partial charge in [0.1, 0.15) is 5.75 Å². The molecule has 0 amide bonds. The number of rotatable bonds is 7. The summed E-state index contributed by atoms with van der Waals surface area (Å²) < 4.78 is 6.04. The van der Waals surface area contributed by atoms with E-state index in [9.17, 15) is 0 Å². The molecule has 2 heteroatoms. The van der Waals surface area contributed by atoms with Gasteiger partial charge in [0.05, 0.1) is 6.61 Å². The molecule has 2 nitrogen and oxygen atoms in total. The van der Waals surface area contributed by atoms with Gasteiger partial charge in [-0.15, -0.1) is 0 Å². The lowest BCUT2D eigenvalue weighted by atomic mass is 9.98. The van der Waals surface area contributed by atoms with E-state index in [1.807, 2.05) is 6.92 Å². The summed E-state index contributed by atoms with van der Waals surface area (Å²) >= 11 is 0. The molecule has 21 heavy (non-hydrogen) atoms. The molecule has 2 rings (SSSR count). The Kier molecular flexibility index (Phi) is 5.63. The minimum absolute atomic E-state index is 0.133. The van der Waals surface area contributed by atoms with Crippen molar-refractivity contribution in [2.45, 2.75) is 46.1 Å². The molecule has 0 aliphatic rings. The van der Waals surface area contributed by atoms with Crippen LogP contribution >= 0.6 is 0 Å². The Hall–Kier alpha value is -1.54. The molecule has 2 aromatic carbocycles. The fraction of sp³-hybridized carbons (Fsp3) is 0.474. The van der Waals surface area contributed by atoms with Gasteiger partial charge in [0.25, 0.3) is 0 Å². The van der Waals surface area contributed by atoms with E-state index in [0.717, 1.165) is 31.1 Å². The highest BCUT2D eigenvalue weighted by molar-refractivity contribution is 5.87. The average Bonchev–Trinajstić information content (AvgIpc) is 2.44. The van der Waals surface area contributed by atoms with Crippen molar-refractivity contribution in [3.05, 3.63) is 42.0 Å². The van der Waals surface area contributed by atoms with E-state index in [0.29, 0.717) is 0 Å². The fourth-order valence-corrected chi connectivity index (χ4v) is 2.66. The van der Waals surface area contributed by atoms with Gasteiger partial charge in [0.15, 0.2) is 0 Å². The third-order valence-corrected chi connectivity index (χ3v) is 3.71. The number of nitrogens with two attached hydrogens (primary N) is 1. The van der Waals surface area contributed by atoms with Gasteiger partial charge in [-0.05, 0) is 48.9 Å². The Labute approximate surface area is 128 Å². The molecule has 2 aromatic rings. The summed E-state index contributed by atoms with van der Waals surface area (Å²) in [4.78, 5) is 0. The van der Waals surface area contributed by atoms with Crippen LogP contribution in [0.5, 0.6) is 5.75 Å². The average molecular weight is 285 g/mol. The first-order valence-corrected chi connectivity index (χ1v) is 7.97. The van der Waals surface area contributed by atoms with Gasteiger partial charge in [-0.25, -0.2) is 0 Å². The van der Waals surface area contributed by atoms with Gasteiger partial charge in [0, 0.05) is 11.6 Å². The molecule has 0 heterocycles. The van der Waals surface area contributed by atoms with Crippen LogP contribution in [0, 0.1) is 5.92 Å². The zero-order chi connectivity index (χ0) is 15.2. The van der Waals surface area contributed by atoms with Crippen molar-refractivity contribution >= 4 is 10.8 Å². The van der Waals surface area contributed by atoms with Crippen LogP contribution in [-0.2, 0) is 6.42 Å². The lowest BCUT2D eigenvalue weighted by molar-refractivity contribution is 0.295. The molecule has 0 radical (unpaired) electrons. The van der Waals surface area contributed by atoms with Crippen LogP contribution in [0.25, 0.3) is 10.8 Å². The molecule has 0 aromatic heterocycles. The van der Waals surface area contributed by atoms with E-state index in [4.69, 9.17) is 10.5 Å². The number of fused-ring (bicyclic) bond motifs is 1. The molecule has 1 unspecified atom stereocenters. The number of hydrogen-bond donors (Lipinski definition) is 1. The maximum atomic E-state index is 6.04. The highest BCUT2D eigenvalue weighted by Crippen LogP contribution is 2.29. The molecule has 1 atom stereocenters. The van der Waals surface area contributed by atoms with E-state index < -0.39 is 0 Å². The molecule has 114 valence electrons. The van der Waals surface area contributed by atoms with Crippen molar-refractivity contribution in [3.63, 3.8) is 0 Å². The molecule has 0 saturated carbocycles. The molecular formula is C19H27NO. The summed E-state index contributed by atoms with van der Waals surface area (Å²) in [6.45, 7) is 7.32. The van der Waals surface area contributed by atoms with Gasteiger partial charge in [-0.3, -0.25) is 0 Å². The molecule has 0 saturated heterocycles. The topological polar surface area (TPSA) is 35.2 Å². The predicted molar refractivity (Wildman–Crippen MR) is 90.9 cm³/mol. The summed E-state index contributed by atoms with van der Waals surface area (Å²) in [6, 6.07) is 12.8. The quantitative estimate of drug-likeness (QED) is 0.758. The molecule has 0 aliphatic carbocycles. The Bertz CT molecular complexity index is 575. The van der Waals surface area contributed by atoms with Crippen LogP contribution in [0.1, 0.15) is 39.2 Å². The highest BCUT2D eigenvalue weighted by atomic mass is 16.5. The third kappa shape index (κ3) is 4.47. The van der Waals surface area contributed by atoms with E-state index >= 15 is 0 Å². The Balaban J connectivity index is 2.21. The summed E-state index contributed by atoms with van der Waals surface area (Å²) in [5.74, 6) is 1.73. The Morgan fingerprint density at radius 1 is 1.05 bits per heavy atom. The van der Waals surface area contributed by atoms with Crippen LogP contribution < -0.4 is 10.5 Å². The van der Waals surface area contributed by atoms with Crippen LogP contribution in [0.3, 0.4) is 0 Å². The van der Waals surface area contributed by atoms with Crippen molar-refractivity contribution in [1.29, 1.82) is 0 Å². The smallest absolute Gasteiger partial charge is 0.123 e. The largest absolute Gasteiger partial charge is 0.493 e. The Morgan fingerprint density at radius 2 is 1.81 bits per heavy atom. The van der Waals surface area contributed by atoms with E-state index in [1.54, 1.807) is 0 Å². The second-order valence-electron chi connectivity index (χ2n) is 6.33. The highest BCUT2D eigenvalue weighted by Gasteiger charge is 2.10. The van der Waals surface area contributed by atoms with Crippen molar-refractivity contribution in [2.24, 2.45) is 11.7 Å². The van der Waals surface area contributed by atoms with E-state index in [-0.39, 0.29) is 6.04 Å². The number of ether oxygens (including phenoxy) is 1.